The summed E-state index contributed by atoms with van der Waals surface area (Å²) in [6.07, 6.45) is 1.72. The smallest absolute Gasteiger partial charge is 0.338 e. The minimum Gasteiger partial charge on any atom is -0.462 e. The molecule has 0 aliphatic carbocycles. The summed E-state index contributed by atoms with van der Waals surface area (Å²) < 4.78 is 5.03. The molecule has 1 saturated heterocycles. The summed E-state index contributed by atoms with van der Waals surface area (Å²) in [5.74, 6) is -0.255. The van der Waals surface area contributed by atoms with Gasteiger partial charge in [-0.2, -0.15) is 0 Å². The maximum atomic E-state index is 12.7. The lowest BCUT2D eigenvalue weighted by molar-refractivity contribution is -0.121. The molecule has 1 aliphatic rings. The van der Waals surface area contributed by atoms with E-state index in [2.05, 4.69) is 41.4 Å². The zero-order valence-corrected chi connectivity index (χ0v) is 17.5. The molecule has 1 aliphatic heterocycles. The Morgan fingerprint density at radius 3 is 2.52 bits per heavy atom. The maximum absolute atomic E-state index is 12.7. The Hall–Kier alpha value is -2.66. The average Bonchev–Trinajstić information content (AvgIpc) is 2.70. The van der Waals surface area contributed by atoms with Crippen LogP contribution in [0, 0.1) is 19.8 Å². The maximum Gasteiger partial charge on any atom is 0.338 e. The number of hydrogen-bond acceptors (Lipinski definition) is 4. The highest BCUT2D eigenvalue weighted by molar-refractivity contribution is 5.95. The molecule has 1 fully saturated rings. The van der Waals surface area contributed by atoms with Gasteiger partial charge in [0.25, 0.3) is 0 Å². The van der Waals surface area contributed by atoms with Gasteiger partial charge in [0.1, 0.15) is 0 Å². The number of hydrogen-bond donors (Lipinski definition) is 1. The first-order valence-corrected chi connectivity index (χ1v) is 10.3. The van der Waals surface area contributed by atoms with Gasteiger partial charge in [-0.3, -0.25) is 9.69 Å². The predicted octanol–water partition coefficient (Wildman–Crippen LogP) is 4.33. The van der Waals surface area contributed by atoms with Crippen molar-refractivity contribution in [1.29, 1.82) is 0 Å². The number of ether oxygens (including phenoxy) is 1. The highest BCUT2D eigenvalue weighted by Gasteiger charge is 2.25. The third-order valence-corrected chi connectivity index (χ3v) is 5.44. The molecule has 0 atom stereocenters. The monoisotopic (exact) mass is 394 g/mol. The molecular weight excluding hydrogens is 364 g/mol. The van der Waals surface area contributed by atoms with Gasteiger partial charge in [-0.05, 0) is 76.0 Å². The number of anilines is 1. The highest BCUT2D eigenvalue weighted by Crippen LogP contribution is 2.23. The summed E-state index contributed by atoms with van der Waals surface area (Å²) in [7, 11) is 0. The van der Waals surface area contributed by atoms with E-state index in [1.54, 1.807) is 25.1 Å². The summed E-state index contributed by atoms with van der Waals surface area (Å²) in [6, 6.07) is 13.8. The Bertz CT molecular complexity index is 870. The lowest BCUT2D eigenvalue weighted by atomic mass is 9.95. The molecule has 3 rings (SSSR count). The molecule has 5 heteroatoms. The Morgan fingerprint density at radius 2 is 1.86 bits per heavy atom. The number of benzene rings is 2. The van der Waals surface area contributed by atoms with Crippen LogP contribution in [0.1, 0.15) is 46.8 Å². The van der Waals surface area contributed by atoms with Crippen LogP contribution in [0.15, 0.2) is 42.5 Å². The molecular formula is C24H30N2O3. The largest absolute Gasteiger partial charge is 0.462 e. The molecule has 1 heterocycles. The quantitative estimate of drug-likeness (QED) is 0.741. The molecule has 2 aromatic carbocycles. The van der Waals surface area contributed by atoms with Gasteiger partial charge < -0.3 is 10.1 Å². The Kier molecular flexibility index (Phi) is 7.04. The van der Waals surface area contributed by atoms with Crippen molar-refractivity contribution in [3.63, 3.8) is 0 Å². The minimum atomic E-state index is -0.338. The third-order valence-electron chi connectivity index (χ3n) is 5.44. The van der Waals surface area contributed by atoms with E-state index in [0.29, 0.717) is 12.2 Å². The van der Waals surface area contributed by atoms with E-state index in [4.69, 9.17) is 4.74 Å². The lowest BCUT2D eigenvalue weighted by Crippen LogP contribution is -2.37. The highest BCUT2D eigenvalue weighted by atomic mass is 16.5. The van der Waals surface area contributed by atoms with Crippen LogP contribution in [0.4, 0.5) is 5.69 Å². The number of amides is 1. The van der Waals surface area contributed by atoms with Crippen LogP contribution in [-0.4, -0.2) is 36.5 Å². The predicted molar refractivity (Wildman–Crippen MR) is 115 cm³/mol. The van der Waals surface area contributed by atoms with Crippen molar-refractivity contribution in [3.8, 4) is 0 Å². The first-order valence-electron chi connectivity index (χ1n) is 10.3. The number of carbonyl (C=O) groups is 2. The van der Waals surface area contributed by atoms with E-state index in [1.807, 2.05) is 6.92 Å². The van der Waals surface area contributed by atoms with Crippen LogP contribution < -0.4 is 5.32 Å². The normalized spacial score (nSPS) is 15.1. The number of esters is 1. The fourth-order valence-corrected chi connectivity index (χ4v) is 3.80. The number of likely N-dealkylation sites (tertiary alicyclic amines) is 1. The van der Waals surface area contributed by atoms with E-state index < -0.39 is 0 Å². The number of carbonyl (C=O) groups excluding carboxylic acids is 2. The lowest BCUT2D eigenvalue weighted by Gasteiger charge is -2.31. The number of aryl methyl sites for hydroxylation is 2. The number of nitrogens with one attached hydrogen (secondary N) is 1. The van der Waals surface area contributed by atoms with Crippen LogP contribution in [0.25, 0.3) is 0 Å². The second-order valence-corrected chi connectivity index (χ2v) is 7.78. The SMILES string of the molecule is CCOC(=O)c1ccc(NC(=O)C2CCN(Cc3cccc(C)c3)CC2)c(C)c1. The van der Waals surface area contributed by atoms with E-state index in [0.717, 1.165) is 43.7 Å². The molecule has 0 spiro atoms. The van der Waals surface area contributed by atoms with Gasteiger partial charge in [-0.1, -0.05) is 29.8 Å². The summed E-state index contributed by atoms with van der Waals surface area (Å²) in [5.41, 5.74) is 4.73. The van der Waals surface area contributed by atoms with E-state index >= 15 is 0 Å². The summed E-state index contributed by atoms with van der Waals surface area (Å²) in [5, 5.41) is 3.04. The van der Waals surface area contributed by atoms with Crippen molar-refractivity contribution >= 4 is 17.6 Å². The van der Waals surface area contributed by atoms with Crippen molar-refractivity contribution in [2.24, 2.45) is 5.92 Å². The molecule has 1 N–H and O–H groups in total. The molecule has 154 valence electrons. The van der Waals surface area contributed by atoms with Gasteiger partial charge in [0.05, 0.1) is 12.2 Å². The average molecular weight is 395 g/mol. The molecule has 1 amide bonds. The van der Waals surface area contributed by atoms with Crippen LogP contribution in [0.3, 0.4) is 0 Å². The minimum absolute atomic E-state index is 0.0212. The zero-order valence-electron chi connectivity index (χ0n) is 17.5. The van der Waals surface area contributed by atoms with Gasteiger partial charge in [0.2, 0.25) is 5.91 Å². The summed E-state index contributed by atoms with van der Waals surface area (Å²) in [6.45, 7) is 8.92. The molecule has 0 bridgehead atoms. The Morgan fingerprint density at radius 1 is 1.10 bits per heavy atom. The Balaban J connectivity index is 1.52. The first-order chi connectivity index (χ1) is 14.0. The molecule has 0 aromatic heterocycles. The van der Waals surface area contributed by atoms with Crippen molar-refractivity contribution in [2.75, 3.05) is 25.0 Å². The van der Waals surface area contributed by atoms with Crippen molar-refractivity contribution in [1.82, 2.24) is 4.90 Å². The second kappa shape index (κ2) is 9.70. The van der Waals surface area contributed by atoms with Crippen molar-refractivity contribution in [3.05, 3.63) is 64.7 Å². The van der Waals surface area contributed by atoms with Crippen LogP contribution in [-0.2, 0) is 16.1 Å². The van der Waals surface area contributed by atoms with Gasteiger partial charge in [-0.15, -0.1) is 0 Å². The molecule has 2 aromatic rings. The van der Waals surface area contributed by atoms with Crippen molar-refractivity contribution in [2.45, 2.75) is 40.2 Å². The standard InChI is InChI=1S/C24H30N2O3/c1-4-29-24(28)21-8-9-22(18(3)15-21)25-23(27)20-10-12-26(13-11-20)16-19-7-5-6-17(2)14-19/h5-9,14-15,20H,4,10-13,16H2,1-3H3,(H,25,27). The fraction of sp³-hybridized carbons (Fsp3) is 0.417. The van der Waals surface area contributed by atoms with Crippen LogP contribution in [0.5, 0.6) is 0 Å². The van der Waals surface area contributed by atoms with Crippen LogP contribution in [0.2, 0.25) is 0 Å². The van der Waals surface area contributed by atoms with E-state index in [1.165, 1.54) is 11.1 Å². The zero-order chi connectivity index (χ0) is 20.8. The van der Waals surface area contributed by atoms with E-state index in [-0.39, 0.29) is 17.8 Å². The van der Waals surface area contributed by atoms with Gasteiger partial charge in [0.15, 0.2) is 0 Å². The molecule has 0 radical (unpaired) electrons. The first kappa shape index (κ1) is 21.1. The molecule has 0 saturated carbocycles. The van der Waals surface area contributed by atoms with Crippen molar-refractivity contribution < 1.29 is 14.3 Å². The fourth-order valence-electron chi connectivity index (χ4n) is 3.80. The topological polar surface area (TPSA) is 58.6 Å². The third kappa shape index (κ3) is 5.67. The number of nitrogens with zero attached hydrogens (tertiary/aromatic N) is 1. The van der Waals surface area contributed by atoms with E-state index in [9.17, 15) is 9.59 Å². The van der Waals surface area contributed by atoms with Gasteiger partial charge in [-0.25, -0.2) is 4.79 Å². The van der Waals surface area contributed by atoms with Gasteiger partial charge >= 0.3 is 5.97 Å². The number of rotatable bonds is 6. The number of piperidine rings is 1. The second-order valence-electron chi connectivity index (χ2n) is 7.78. The summed E-state index contributed by atoms with van der Waals surface area (Å²) >= 11 is 0. The van der Waals surface area contributed by atoms with Crippen LogP contribution >= 0.6 is 0 Å². The molecule has 29 heavy (non-hydrogen) atoms. The Labute approximate surface area is 173 Å². The van der Waals surface area contributed by atoms with Gasteiger partial charge in [0, 0.05) is 18.2 Å². The molecule has 0 unspecified atom stereocenters. The summed E-state index contributed by atoms with van der Waals surface area (Å²) in [4.78, 5) is 27.0. The molecule has 5 nitrogen and oxygen atoms in total.